The first-order valence-electron chi connectivity index (χ1n) is 5.85. The standard InChI is InChI=1S/C13H14ClFO3/c14-9-5-4-8(7-10(9)15)13(12(17)18)6-2-1-3-11(13)16/h4-5,7,11,16H,1-3,6H2,(H,17,18)/t11-,13+/m1/s1. The molecule has 0 unspecified atom stereocenters. The molecule has 0 spiro atoms. The predicted molar refractivity (Wildman–Crippen MR) is 65.2 cm³/mol. The number of aliphatic carboxylic acids is 1. The molecular weight excluding hydrogens is 259 g/mol. The summed E-state index contributed by atoms with van der Waals surface area (Å²) < 4.78 is 13.5. The Hall–Kier alpha value is -1.13. The zero-order valence-corrected chi connectivity index (χ0v) is 10.5. The summed E-state index contributed by atoms with van der Waals surface area (Å²) in [6.45, 7) is 0. The van der Waals surface area contributed by atoms with Gasteiger partial charge in [-0.05, 0) is 30.5 Å². The maximum atomic E-state index is 13.5. The van der Waals surface area contributed by atoms with Gasteiger partial charge in [0.05, 0.1) is 11.1 Å². The van der Waals surface area contributed by atoms with Crippen molar-refractivity contribution < 1.29 is 19.4 Å². The van der Waals surface area contributed by atoms with E-state index in [-0.39, 0.29) is 10.6 Å². The van der Waals surface area contributed by atoms with E-state index < -0.39 is 23.3 Å². The lowest BCUT2D eigenvalue weighted by Gasteiger charge is -2.38. The highest BCUT2D eigenvalue weighted by molar-refractivity contribution is 6.30. The van der Waals surface area contributed by atoms with Crippen molar-refractivity contribution >= 4 is 17.6 Å². The SMILES string of the molecule is O=C(O)[C@]1(c2ccc(Cl)c(F)c2)CCCC[C@H]1O. The van der Waals surface area contributed by atoms with Crippen LogP contribution in [0.15, 0.2) is 18.2 Å². The maximum Gasteiger partial charge on any atom is 0.316 e. The number of benzene rings is 1. The topological polar surface area (TPSA) is 57.5 Å². The second-order valence-corrected chi connectivity index (χ2v) is 5.07. The van der Waals surface area contributed by atoms with Gasteiger partial charge in [-0.25, -0.2) is 4.39 Å². The van der Waals surface area contributed by atoms with Gasteiger partial charge in [-0.15, -0.1) is 0 Å². The number of rotatable bonds is 2. The Morgan fingerprint density at radius 3 is 2.72 bits per heavy atom. The summed E-state index contributed by atoms with van der Waals surface area (Å²) in [5.74, 6) is -1.77. The molecule has 18 heavy (non-hydrogen) atoms. The summed E-state index contributed by atoms with van der Waals surface area (Å²) in [5, 5.41) is 19.5. The third-order valence-electron chi connectivity index (χ3n) is 3.68. The third-order valence-corrected chi connectivity index (χ3v) is 3.99. The lowest BCUT2D eigenvalue weighted by atomic mass is 9.67. The fraction of sp³-hybridized carbons (Fsp3) is 0.462. The van der Waals surface area contributed by atoms with Gasteiger partial charge in [0.15, 0.2) is 0 Å². The van der Waals surface area contributed by atoms with Crippen LogP contribution in [0.2, 0.25) is 5.02 Å². The average Bonchev–Trinajstić information content (AvgIpc) is 2.33. The number of carbonyl (C=O) groups is 1. The number of aliphatic hydroxyl groups excluding tert-OH is 1. The van der Waals surface area contributed by atoms with E-state index in [0.717, 1.165) is 12.5 Å². The third kappa shape index (κ3) is 1.99. The number of carboxylic acids is 1. The van der Waals surface area contributed by atoms with Crippen LogP contribution in [0.25, 0.3) is 0 Å². The molecular formula is C13H14ClFO3. The van der Waals surface area contributed by atoms with Crippen molar-refractivity contribution in [3.63, 3.8) is 0 Å². The van der Waals surface area contributed by atoms with E-state index >= 15 is 0 Å². The van der Waals surface area contributed by atoms with Crippen molar-refractivity contribution in [3.8, 4) is 0 Å². The molecule has 0 radical (unpaired) electrons. The minimum atomic E-state index is -1.41. The van der Waals surface area contributed by atoms with Crippen LogP contribution in [-0.4, -0.2) is 22.3 Å². The van der Waals surface area contributed by atoms with Gasteiger partial charge < -0.3 is 10.2 Å². The zero-order chi connectivity index (χ0) is 13.3. The maximum absolute atomic E-state index is 13.5. The van der Waals surface area contributed by atoms with E-state index in [0.29, 0.717) is 19.3 Å². The average molecular weight is 273 g/mol. The van der Waals surface area contributed by atoms with Crippen LogP contribution < -0.4 is 0 Å². The van der Waals surface area contributed by atoms with Crippen molar-refractivity contribution in [1.29, 1.82) is 0 Å². The second-order valence-electron chi connectivity index (χ2n) is 4.67. The lowest BCUT2D eigenvalue weighted by molar-refractivity contribution is -0.151. The van der Waals surface area contributed by atoms with Crippen LogP contribution in [0.4, 0.5) is 4.39 Å². The molecule has 98 valence electrons. The Balaban J connectivity index is 2.52. The molecule has 0 bridgehead atoms. The molecule has 1 aromatic rings. The van der Waals surface area contributed by atoms with Gasteiger partial charge in [-0.3, -0.25) is 4.79 Å². The van der Waals surface area contributed by atoms with E-state index in [9.17, 15) is 19.4 Å². The van der Waals surface area contributed by atoms with Gasteiger partial charge in [0.25, 0.3) is 0 Å². The van der Waals surface area contributed by atoms with E-state index in [1.165, 1.54) is 12.1 Å². The zero-order valence-electron chi connectivity index (χ0n) is 9.70. The number of hydrogen-bond acceptors (Lipinski definition) is 2. The van der Waals surface area contributed by atoms with E-state index in [2.05, 4.69) is 0 Å². The van der Waals surface area contributed by atoms with E-state index in [1.807, 2.05) is 0 Å². The Morgan fingerprint density at radius 2 is 2.17 bits per heavy atom. The fourth-order valence-electron chi connectivity index (χ4n) is 2.64. The molecule has 1 aliphatic carbocycles. The molecule has 3 nitrogen and oxygen atoms in total. The smallest absolute Gasteiger partial charge is 0.316 e. The molecule has 2 N–H and O–H groups in total. The Bertz CT molecular complexity index is 477. The summed E-state index contributed by atoms with van der Waals surface area (Å²) in [5.41, 5.74) is -1.13. The first-order chi connectivity index (χ1) is 8.48. The van der Waals surface area contributed by atoms with Crippen LogP contribution in [0.3, 0.4) is 0 Å². The Morgan fingerprint density at radius 1 is 1.44 bits per heavy atom. The highest BCUT2D eigenvalue weighted by Gasteiger charge is 2.48. The summed E-state index contributed by atoms with van der Waals surface area (Å²) in [4.78, 5) is 11.6. The van der Waals surface area contributed by atoms with Gasteiger partial charge in [0.2, 0.25) is 0 Å². The molecule has 0 heterocycles. The fourth-order valence-corrected chi connectivity index (χ4v) is 2.76. The summed E-state index contributed by atoms with van der Waals surface area (Å²) in [6.07, 6.45) is 1.21. The first kappa shape index (κ1) is 13.3. The molecule has 0 aliphatic heterocycles. The lowest BCUT2D eigenvalue weighted by Crippen LogP contribution is -2.48. The van der Waals surface area contributed by atoms with Gasteiger partial charge in [0, 0.05) is 0 Å². The molecule has 1 fully saturated rings. The molecule has 1 saturated carbocycles. The molecule has 0 saturated heterocycles. The normalized spacial score (nSPS) is 28.1. The Kier molecular flexibility index (Phi) is 3.59. The predicted octanol–water partition coefficient (Wildman–Crippen LogP) is 2.74. The first-order valence-corrected chi connectivity index (χ1v) is 6.23. The number of halogens is 2. The quantitative estimate of drug-likeness (QED) is 0.870. The largest absolute Gasteiger partial charge is 0.481 e. The molecule has 2 rings (SSSR count). The Labute approximate surface area is 109 Å². The van der Waals surface area contributed by atoms with Crippen molar-refractivity contribution in [3.05, 3.63) is 34.6 Å². The van der Waals surface area contributed by atoms with Crippen molar-refractivity contribution in [1.82, 2.24) is 0 Å². The molecule has 2 atom stereocenters. The summed E-state index contributed by atoms with van der Waals surface area (Å²) >= 11 is 5.60. The highest BCUT2D eigenvalue weighted by atomic mass is 35.5. The molecule has 1 aromatic carbocycles. The minimum absolute atomic E-state index is 0.0513. The molecule has 5 heteroatoms. The van der Waals surface area contributed by atoms with Crippen molar-refractivity contribution in [2.45, 2.75) is 37.2 Å². The van der Waals surface area contributed by atoms with Gasteiger partial charge in [-0.1, -0.05) is 30.5 Å². The van der Waals surface area contributed by atoms with Crippen LogP contribution in [0.1, 0.15) is 31.2 Å². The van der Waals surface area contributed by atoms with E-state index in [4.69, 9.17) is 11.6 Å². The molecule has 1 aliphatic rings. The number of aliphatic hydroxyl groups is 1. The summed E-state index contributed by atoms with van der Waals surface area (Å²) in [6, 6.07) is 3.93. The summed E-state index contributed by atoms with van der Waals surface area (Å²) in [7, 11) is 0. The van der Waals surface area contributed by atoms with Crippen LogP contribution in [0.5, 0.6) is 0 Å². The second kappa shape index (κ2) is 4.86. The number of carboxylic acid groups (broad SMARTS) is 1. The van der Waals surface area contributed by atoms with Crippen molar-refractivity contribution in [2.75, 3.05) is 0 Å². The van der Waals surface area contributed by atoms with Crippen molar-refractivity contribution in [2.24, 2.45) is 0 Å². The van der Waals surface area contributed by atoms with E-state index in [1.54, 1.807) is 0 Å². The highest BCUT2D eigenvalue weighted by Crippen LogP contribution is 2.40. The van der Waals surface area contributed by atoms with Crippen LogP contribution in [0, 0.1) is 5.82 Å². The van der Waals surface area contributed by atoms with Gasteiger partial charge in [-0.2, -0.15) is 0 Å². The molecule has 0 amide bonds. The minimum Gasteiger partial charge on any atom is -0.481 e. The van der Waals surface area contributed by atoms with Crippen LogP contribution >= 0.6 is 11.6 Å². The molecule has 0 aromatic heterocycles. The van der Waals surface area contributed by atoms with Crippen LogP contribution in [-0.2, 0) is 10.2 Å². The van der Waals surface area contributed by atoms with Gasteiger partial charge >= 0.3 is 5.97 Å². The number of hydrogen-bond donors (Lipinski definition) is 2. The van der Waals surface area contributed by atoms with Gasteiger partial charge in [0.1, 0.15) is 11.2 Å². The monoisotopic (exact) mass is 272 g/mol.